The SMILES string of the molecule is CNS(=O)(=O)c1ccc(C(=O)OC(C)C(=O)Nc2ccc3c(c2)CCC3)cc1. The predicted octanol–water partition coefficient (Wildman–Crippen LogP) is 2.27. The minimum absolute atomic E-state index is 0.0361. The fraction of sp³-hybridized carbons (Fsp3) is 0.300. The molecule has 0 aliphatic heterocycles. The molecule has 1 amide bonds. The molecule has 1 unspecified atom stereocenters. The fourth-order valence-corrected chi connectivity index (χ4v) is 3.79. The van der Waals surface area contributed by atoms with E-state index in [0.29, 0.717) is 5.69 Å². The first kappa shape index (κ1) is 20.0. The molecule has 1 aliphatic rings. The zero-order valence-electron chi connectivity index (χ0n) is 15.7. The maximum Gasteiger partial charge on any atom is 0.338 e. The molecule has 0 spiro atoms. The van der Waals surface area contributed by atoms with E-state index in [2.05, 4.69) is 10.0 Å². The molecule has 0 bridgehead atoms. The van der Waals surface area contributed by atoms with Gasteiger partial charge in [0.05, 0.1) is 10.5 Å². The molecule has 1 atom stereocenters. The van der Waals surface area contributed by atoms with Crippen molar-refractivity contribution in [2.75, 3.05) is 12.4 Å². The predicted molar refractivity (Wildman–Crippen MR) is 105 cm³/mol. The van der Waals surface area contributed by atoms with E-state index in [1.165, 1.54) is 49.4 Å². The summed E-state index contributed by atoms with van der Waals surface area (Å²) in [6, 6.07) is 11.1. The number of benzene rings is 2. The van der Waals surface area contributed by atoms with Crippen LogP contribution in [0.5, 0.6) is 0 Å². The van der Waals surface area contributed by atoms with Gasteiger partial charge in [0, 0.05) is 5.69 Å². The van der Waals surface area contributed by atoms with Gasteiger partial charge in [-0.05, 0) is 80.8 Å². The lowest BCUT2D eigenvalue weighted by Crippen LogP contribution is -2.30. The topological polar surface area (TPSA) is 102 Å². The van der Waals surface area contributed by atoms with Crippen molar-refractivity contribution in [1.82, 2.24) is 4.72 Å². The summed E-state index contributed by atoms with van der Waals surface area (Å²) in [6.07, 6.45) is 2.19. The van der Waals surface area contributed by atoms with Crippen LogP contribution in [0.15, 0.2) is 47.4 Å². The number of rotatable bonds is 6. The highest BCUT2D eigenvalue weighted by molar-refractivity contribution is 7.89. The monoisotopic (exact) mass is 402 g/mol. The van der Waals surface area contributed by atoms with Gasteiger partial charge in [-0.2, -0.15) is 0 Å². The summed E-state index contributed by atoms with van der Waals surface area (Å²) >= 11 is 0. The van der Waals surface area contributed by atoms with Crippen molar-refractivity contribution >= 4 is 27.6 Å². The van der Waals surface area contributed by atoms with Gasteiger partial charge >= 0.3 is 5.97 Å². The Balaban J connectivity index is 1.61. The third kappa shape index (κ3) is 4.40. The van der Waals surface area contributed by atoms with Crippen LogP contribution in [0.1, 0.15) is 34.8 Å². The number of carbonyl (C=O) groups is 2. The molecule has 0 heterocycles. The quantitative estimate of drug-likeness (QED) is 0.722. The lowest BCUT2D eigenvalue weighted by atomic mass is 10.1. The molecule has 28 heavy (non-hydrogen) atoms. The first-order valence-corrected chi connectivity index (χ1v) is 10.5. The zero-order chi connectivity index (χ0) is 20.3. The summed E-state index contributed by atoms with van der Waals surface area (Å²) in [5.41, 5.74) is 3.38. The zero-order valence-corrected chi connectivity index (χ0v) is 16.5. The third-order valence-electron chi connectivity index (χ3n) is 4.69. The standard InChI is InChI=1S/C20H22N2O5S/c1-13(19(23)22-17-9-6-14-4-3-5-16(14)12-17)27-20(24)15-7-10-18(11-8-15)28(25,26)21-2/h6-13,21H,3-5H2,1-2H3,(H,22,23). The van der Waals surface area contributed by atoms with Crippen LogP contribution in [0.4, 0.5) is 5.69 Å². The molecule has 2 N–H and O–H groups in total. The number of esters is 1. The largest absolute Gasteiger partial charge is 0.449 e. The fourth-order valence-electron chi connectivity index (χ4n) is 3.06. The lowest BCUT2D eigenvalue weighted by molar-refractivity contribution is -0.123. The van der Waals surface area contributed by atoms with E-state index in [1.54, 1.807) is 0 Å². The summed E-state index contributed by atoms with van der Waals surface area (Å²) < 4.78 is 30.8. The maximum atomic E-state index is 12.3. The van der Waals surface area contributed by atoms with E-state index < -0.39 is 28.0 Å². The third-order valence-corrected chi connectivity index (χ3v) is 6.12. The molecular formula is C20H22N2O5S. The maximum absolute atomic E-state index is 12.3. The Bertz CT molecular complexity index is 1000. The Morgan fingerprint density at radius 3 is 2.39 bits per heavy atom. The summed E-state index contributed by atoms with van der Waals surface area (Å²) in [5.74, 6) is -1.13. The second-order valence-corrected chi connectivity index (χ2v) is 8.49. The van der Waals surface area contributed by atoms with Gasteiger partial charge in [0.15, 0.2) is 6.10 Å². The van der Waals surface area contributed by atoms with Crippen LogP contribution in [-0.2, 0) is 32.4 Å². The highest BCUT2D eigenvalue weighted by atomic mass is 32.2. The van der Waals surface area contributed by atoms with Gasteiger partial charge in [0.2, 0.25) is 10.0 Å². The smallest absolute Gasteiger partial charge is 0.338 e. The number of hydrogen-bond acceptors (Lipinski definition) is 5. The summed E-state index contributed by atoms with van der Waals surface area (Å²) in [7, 11) is -2.28. The molecular weight excluding hydrogens is 380 g/mol. The number of sulfonamides is 1. The van der Waals surface area contributed by atoms with Crippen molar-refractivity contribution in [3.05, 3.63) is 59.2 Å². The van der Waals surface area contributed by atoms with Crippen LogP contribution < -0.4 is 10.0 Å². The number of fused-ring (bicyclic) bond motifs is 1. The van der Waals surface area contributed by atoms with Crippen molar-refractivity contribution in [2.45, 2.75) is 37.2 Å². The number of anilines is 1. The number of carbonyl (C=O) groups excluding carboxylic acids is 2. The van der Waals surface area contributed by atoms with Gasteiger partial charge in [-0.25, -0.2) is 17.9 Å². The van der Waals surface area contributed by atoms with Crippen LogP contribution >= 0.6 is 0 Å². The molecule has 0 radical (unpaired) electrons. The van der Waals surface area contributed by atoms with Crippen LogP contribution in [0.3, 0.4) is 0 Å². The average molecular weight is 402 g/mol. The molecule has 0 saturated heterocycles. The molecule has 7 nitrogen and oxygen atoms in total. The number of nitrogens with one attached hydrogen (secondary N) is 2. The van der Waals surface area contributed by atoms with Crippen molar-refractivity contribution in [1.29, 1.82) is 0 Å². The van der Waals surface area contributed by atoms with Gasteiger partial charge in [0.25, 0.3) is 5.91 Å². The van der Waals surface area contributed by atoms with Crippen molar-refractivity contribution in [3.8, 4) is 0 Å². The second-order valence-electron chi connectivity index (χ2n) is 6.61. The Morgan fingerprint density at radius 1 is 1.04 bits per heavy atom. The Kier molecular flexibility index (Phi) is 5.81. The molecule has 2 aromatic carbocycles. The minimum atomic E-state index is -3.58. The van der Waals surface area contributed by atoms with E-state index >= 15 is 0 Å². The normalized spacial score (nSPS) is 14.2. The number of ether oxygens (including phenoxy) is 1. The summed E-state index contributed by atoms with van der Waals surface area (Å²) in [4.78, 5) is 24.6. The molecule has 8 heteroatoms. The van der Waals surface area contributed by atoms with E-state index in [4.69, 9.17) is 4.74 Å². The Morgan fingerprint density at radius 2 is 1.71 bits per heavy atom. The lowest BCUT2D eigenvalue weighted by Gasteiger charge is -2.14. The van der Waals surface area contributed by atoms with E-state index in [0.717, 1.165) is 19.3 Å². The number of hydrogen-bond donors (Lipinski definition) is 2. The molecule has 0 saturated carbocycles. The second kappa shape index (κ2) is 8.12. The highest BCUT2D eigenvalue weighted by Gasteiger charge is 2.20. The minimum Gasteiger partial charge on any atom is -0.449 e. The summed E-state index contributed by atoms with van der Waals surface area (Å²) in [5, 5.41) is 2.76. The first-order valence-electron chi connectivity index (χ1n) is 8.97. The highest BCUT2D eigenvalue weighted by Crippen LogP contribution is 2.25. The summed E-state index contributed by atoms with van der Waals surface area (Å²) in [6.45, 7) is 1.49. The number of aryl methyl sites for hydroxylation is 2. The van der Waals surface area contributed by atoms with Crippen molar-refractivity contribution < 1.29 is 22.7 Å². The van der Waals surface area contributed by atoms with Gasteiger partial charge < -0.3 is 10.1 Å². The van der Waals surface area contributed by atoms with E-state index in [1.807, 2.05) is 18.2 Å². The van der Waals surface area contributed by atoms with Gasteiger partial charge in [0.1, 0.15) is 0 Å². The first-order chi connectivity index (χ1) is 13.3. The number of amides is 1. The van der Waals surface area contributed by atoms with E-state index in [-0.39, 0.29) is 10.5 Å². The van der Waals surface area contributed by atoms with Gasteiger partial charge in [-0.15, -0.1) is 0 Å². The Hall–Kier alpha value is -2.71. The van der Waals surface area contributed by atoms with Crippen LogP contribution in [0.2, 0.25) is 0 Å². The van der Waals surface area contributed by atoms with Crippen molar-refractivity contribution in [2.24, 2.45) is 0 Å². The molecule has 0 aromatic heterocycles. The van der Waals surface area contributed by atoms with Gasteiger partial charge in [-0.3, -0.25) is 4.79 Å². The van der Waals surface area contributed by atoms with Crippen molar-refractivity contribution in [3.63, 3.8) is 0 Å². The van der Waals surface area contributed by atoms with Crippen LogP contribution in [0, 0.1) is 0 Å². The average Bonchev–Trinajstić information content (AvgIpc) is 3.15. The molecule has 1 aliphatic carbocycles. The molecule has 0 fully saturated rings. The Labute approximate surface area is 164 Å². The van der Waals surface area contributed by atoms with E-state index in [9.17, 15) is 18.0 Å². The van der Waals surface area contributed by atoms with Crippen LogP contribution in [-0.4, -0.2) is 33.4 Å². The molecule has 148 valence electrons. The van der Waals surface area contributed by atoms with Gasteiger partial charge in [-0.1, -0.05) is 6.07 Å². The van der Waals surface area contributed by atoms with Crippen LogP contribution in [0.25, 0.3) is 0 Å². The molecule has 2 aromatic rings. The molecule has 3 rings (SSSR count).